The van der Waals surface area contributed by atoms with E-state index in [1.165, 1.54) is 61.2 Å². The van der Waals surface area contributed by atoms with Crippen LogP contribution in [0.3, 0.4) is 0 Å². The molecule has 0 saturated carbocycles. The van der Waals surface area contributed by atoms with Crippen LogP contribution in [0.15, 0.2) is 211 Å². The minimum absolute atomic E-state index is 0.119. The molecule has 1 atom stereocenters. The van der Waals surface area contributed by atoms with Gasteiger partial charge in [0.15, 0.2) is 0 Å². The third-order valence-corrected chi connectivity index (χ3v) is 13.8. The molecule has 290 valence electrons. The van der Waals surface area contributed by atoms with E-state index in [4.69, 9.17) is 4.42 Å². The van der Waals surface area contributed by atoms with Crippen molar-refractivity contribution in [3.63, 3.8) is 0 Å². The molecule has 0 radical (unpaired) electrons. The Bertz CT molecular complexity index is 3370. The van der Waals surface area contributed by atoms with E-state index in [1.807, 2.05) is 6.07 Å². The van der Waals surface area contributed by atoms with E-state index in [1.54, 1.807) is 0 Å². The van der Waals surface area contributed by atoms with Gasteiger partial charge >= 0.3 is 0 Å². The fourth-order valence-electron chi connectivity index (χ4n) is 10.8. The Morgan fingerprint density at radius 3 is 1.74 bits per heavy atom. The van der Waals surface area contributed by atoms with Crippen molar-refractivity contribution in [2.45, 2.75) is 31.6 Å². The maximum absolute atomic E-state index is 6.47. The van der Waals surface area contributed by atoms with Gasteiger partial charge in [-0.25, -0.2) is 0 Å². The lowest BCUT2D eigenvalue weighted by atomic mass is 9.74. The van der Waals surface area contributed by atoms with Crippen molar-refractivity contribution in [3.8, 4) is 44.5 Å². The highest BCUT2D eigenvalue weighted by atomic mass is 16.3. The largest absolute Gasteiger partial charge is 0.456 e. The van der Waals surface area contributed by atoms with Crippen LogP contribution in [0.1, 0.15) is 48.6 Å². The molecule has 2 nitrogen and oxygen atoms in total. The number of nitrogens with zero attached hydrogens (tertiary/aromatic N) is 1. The summed E-state index contributed by atoms with van der Waals surface area (Å²) in [4.78, 5) is 2.51. The number of para-hydroxylation sites is 3. The number of furan rings is 1. The quantitative estimate of drug-likeness (QED) is 0.167. The third-order valence-electron chi connectivity index (χ3n) is 13.8. The van der Waals surface area contributed by atoms with Crippen molar-refractivity contribution in [2.75, 3.05) is 4.90 Å². The number of hydrogen-bond acceptors (Lipinski definition) is 2. The number of anilines is 3. The Hall–Kier alpha value is -7.42. The van der Waals surface area contributed by atoms with Gasteiger partial charge in [-0.1, -0.05) is 178 Å². The summed E-state index contributed by atoms with van der Waals surface area (Å²) in [6.07, 6.45) is 0. The molecule has 0 bridgehead atoms. The summed E-state index contributed by atoms with van der Waals surface area (Å²) in [5.74, 6) is 0. The summed E-state index contributed by atoms with van der Waals surface area (Å²) in [7, 11) is 0. The summed E-state index contributed by atoms with van der Waals surface area (Å²) >= 11 is 0. The number of rotatable bonds is 6. The molecular formula is C59H43NO. The monoisotopic (exact) mass is 781 g/mol. The Labute approximate surface area is 357 Å². The van der Waals surface area contributed by atoms with Crippen molar-refractivity contribution < 1.29 is 4.42 Å². The zero-order valence-electron chi connectivity index (χ0n) is 34.5. The van der Waals surface area contributed by atoms with Gasteiger partial charge in [0, 0.05) is 38.4 Å². The molecule has 2 aliphatic carbocycles. The van der Waals surface area contributed by atoms with Crippen LogP contribution in [-0.2, 0) is 10.8 Å². The van der Waals surface area contributed by atoms with Gasteiger partial charge in [0.25, 0.3) is 0 Å². The van der Waals surface area contributed by atoms with Crippen molar-refractivity contribution in [2.24, 2.45) is 0 Å². The van der Waals surface area contributed by atoms with Gasteiger partial charge in [-0.3, -0.25) is 0 Å². The Morgan fingerprint density at radius 1 is 0.377 bits per heavy atom. The SMILES string of the molecule is CC1(C)c2ccccc2-c2ccc(-c3ccccc3N(c3ccc4c(c3)C(C)(c3ccccc3)c3ccccc3-4)c3ccccc3-c3cccc4oc5ccccc5c34)cc21. The molecule has 1 unspecified atom stereocenters. The first-order chi connectivity index (χ1) is 29.9. The molecule has 10 aromatic rings. The normalized spacial score (nSPS) is 15.7. The molecule has 0 saturated heterocycles. The van der Waals surface area contributed by atoms with Gasteiger partial charge in [0.1, 0.15) is 11.2 Å². The number of benzene rings is 9. The molecule has 1 heterocycles. The second-order valence-corrected chi connectivity index (χ2v) is 17.3. The summed E-state index contributed by atoms with van der Waals surface area (Å²) in [6.45, 7) is 7.13. The Morgan fingerprint density at radius 2 is 0.934 bits per heavy atom. The summed E-state index contributed by atoms with van der Waals surface area (Å²) in [5, 5.41) is 2.24. The smallest absolute Gasteiger partial charge is 0.136 e. The minimum Gasteiger partial charge on any atom is -0.456 e. The predicted octanol–water partition coefficient (Wildman–Crippen LogP) is 16.0. The highest BCUT2D eigenvalue weighted by Gasteiger charge is 2.41. The van der Waals surface area contributed by atoms with Crippen LogP contribution >= 0.6 is 0 Å². The molecule has 2 heteroatoms. The molecular weight excluding hydrogens is 739 g/mol. The minimum atomic E-state index is -0.351. The molecule has 1 aromatic heterocycles. The molecule has 0 fully saturated rings. The number of hydrogen-bond donors (Lipinski definition) is 0. The van der Waals surface area contributed by atoms with E-state index in [-0.39, 0.29) is 10.8 Å². The molecule has 2 aliphatic rings. The summed E-state index contributed by atoms with van der Waals surface area (Å²) in [6, 6.07) is 75.8. The molecule has 12 rings (SSSR count). The maximum atomic E-state index is 6.47. The van der Waals surface area contributed by atoms with E-state index in [2.05, 4.69) is 226 Å². The van der Waals surface area contributed by atoms with E-state index >= 15 is 0 Å². The van der Waals surface area contributed by atoms with Crippen molar-refractivity contribution in [1.82, 2.24) is 0 Å². The second kappa shape index (κ2) is 13.3. The van der Waals surface area contributed by atoms with E-state index < -0.39 is 0 Å². The third kappa shape index (κ3) is 5.15. The Balaban J connectivity index is 1.12. The second-order valence-electron chi connectivity index (χ2n) is 17.3. The van der Waals surface area contributed by atoms with E-state index in [9.17, 15) is 0 Å². The van der Waals surface area contributed by atoms with Gasteiger partial charge in [-0.15, -0.1) is 0 Å². The van der Waals surface area contributed by atoms with Crippen LogP contribution in [0, 0.1) is 0 Å². The highest BCUT2D eigenvalue weighted by molar-refractivity contribution is 6.14. The van der Waals surface area contributed by atoms with E-state index in [0.29, 0.717) is 0 Å². The standard InChI is InChI=1S/C59H43NO/c1-58(2)49-26-12-7-21-42(49)44-34-32-38(36-51(44)58)41-20-9-14-28-53(41)60(54-29-15-10-23-46(54)47-25-17-31-56-57(47)48-24-11-16-30-55(48)61-56)40-33-35-45-43-22-8-13-27-50(43)59(3,52(45)37-40)39-18-5-4-6-19-39/h4-37H,1-3H3. The summed E-state index contributed by atoms with van der Waals surface area (Å²) < 4.78 is 6.47. The van der Waals surface area contributed by atoms with Gasteiger partial charge in [0.2, 0.25) is 0 Å². The molecule has 0 amide bonds. The first-order valence-electron chi connectivity index (χ1n) is 21.3. The fourth-order valence-corrected chi connectivity index (χ4v) is 10.8. The summed E-state index contributed by atoms with van der Waals surface area (Å²) in [5.41, 5.74) is 21.2. The van der Waals surface area contributed by atoms with Crippen LogP contribution in [0.5, 0.6) is 0 Å². The van der Waals surface area contributed by atoms with Crippen LogP contribution < -0.4 is 4.90 Å². The van der Waals surface area contributed by atoms with Crippen molar-refractivity contribution in [1.29, 1.82) is 0 Å². The average Bonchev–Trinajstić information content (AvgIpc) is 3.90. The van der Waals surface area contributed by atoms with Crippen LogP contribution in [0.25, 0.3) is 66.4 Å². The lowest BCUT2D eigenvalue weighted by Gasteiger charge is -2.32. The van der Waals surface area contributed by atoms with Crippen LogP contribution in [-0.4, -0.2) is 0 Å². The topological polar surface area (TPSA) is 16.4 Å². The predicted molar refractivity (Wildman–Crippen MR) is 254 cm³/mol. The zero-order chi connectivity index (χ0) is 40.9. The van der Waals surface area contributed by atoms with E-state index in [0.717, 1.165) is 50.1 Å². The van der Waals surface area contributed by atoms with Gasteiger partial charge in [0.05, 0.1) is 11.4 Å². The average molecular weight is 782 g/mol. The first-order valence-corrected chi connectivity index (χ1v) is 21.3. The van der Waals surface area contributed by atoms with Crippen molar-refractivity contribution in [3.05, 3.63) is 234 Å². The highest BCUT2D eigenvalue weighted by Crippen LogP contribution is 2.56. The lowest BCUT2D eigenvalue weighted by Crippen LogP contribution is -2.23. The zero-order valence-corrected chi connectivity index (χ0v) is 34.5. The molecule has 0 aliphatic heterocycles. The van der Waals surface area contributed by atoms with Gasteiger partial charge in [-0.05, 0) is 111 Å². The molecule has 61 heavy (non-hydrogen) atoms. The lowest BCUT2D eigenvalue weighted by molar-refractivity contribution is 0.660. The fraction of sp³-hybridized carbons (Fsp3) is 0.0847. The van der Waals surface area contributed by atoms with Gasteiger partial charge in [-0.2, -0.15) is 0 Å². The van der Waals surface area contributed by atoms with Gasteiger partial charge < -0.3 is 9.32 Å². The van der Waals surface area contributed by atoms with Crippen molar-refractivity contribution >= 4 is 39.0 Å². The first kappa shape index (κ1) is 35.5. The molecule has 0 spiro atoms. The van der Waals surface area contributed by atoms with Crippen LogP contribution in [0.4, 0.5) is 17.1 Å². The Kier molecular flexibility index (Phi) is 7.74. The maximum Gasteiger partial charge on any atom is 0.136 e. The molecule has 9 aromatic carbocycles. The van der Waals surface area contributed by atoms with Crippen LogP contribution in [0.2, 0.25) is 0 Å². The molecule has 0 N–H and O–H groups in total. The number of fused-ring (bicyclic) bond motifs is 9.